The van der Waals surface area contributed by atoms with Gasteiger partial charge in [-0.1, -0.05) is 0 Å². The second-order valence-corrected chi connectivity index (χ2v) is 4.50. The normalized spacial score (nSPS) is 11.1. The van der Waals surface area contributed by atoms with Gasteiger partial charge in [0.15, 0.2) is 16.8 Å². The number of halogens is 4. The molecule has 0 aromatic carbocycles. The molecule has 2 rings (SSSR count). The molecule has 4 nitrogen and oxygen atoms in total. The van der Waals surface area contributed by atoms with Crippen molar-refractivity contribution in [3.63, 3.8) is 0 Å². The second kappa shape index (κ2) is 5.16. The fraction of sp³-hybridized carbons (Fsp3) is 0.300. The molecule has 0 atom stereocenters. The highest BCUT2D eigenvalue weighted by Crippen LogP contribution is 2.32. The standard InChI is InChI=1S/C10H8F4N4S/c1-3-18-4(2)16-17-10(18)19-7-5(11)8(13)15-9(14)6(7)12/h3H2,1-2H3. The molecule has 0 aliphatic carbocycles. The van der Waals surface area contributed by atoms with E-state index in [0.29, 0.717) is 24.1 Å². The maximum Gasteiger partial charge on any atom is 0.252 e. The van der Waals surface area contributed by atoms with Gasteiger partial charge in [-0.25, -0.2) is 8.78 Å². The zero-order chi connectivity index (χ0) is 14.2. The molecule has 0 N–H and O–H groups in total. The van der Waals surface area contributed by atoms with Crippen LogP contribution >= 0.6 is 11.8 Å². The average molecular weight is 292 g/mol. The van der Waals surface area contributed by atoms with Gasteiger partial charge in [0.2, 0.25) is 0 Å². The van der Waals surface area contributed by atoms with Crippen molar-refractivity contribution in [2.45, 2.75) is 30.4 Å². The van der Waals surface area contributed by atoms with E-state index in [1.165, 1.54) is 0 Å². The lowest BCUT2D eigenvalue weighted by molar-refractivity contribution is 0.383. The first-order chi connectivity index (χ1) is 8.95. The number of nitrogens with zero attached hydrogens (tertiary/aromatic N) is 4. The summed E-state index contributed by atoms with van der Waals surface area (Å²) in [6, 6.07) is 0. The summed E-state index contributed by atoms with van der Waals surface area (Å²) in [5.74, 6) is -5.96. The first-order valence-corrected chi connectivity index (χ1v) is 6.05. The molecular formula is C10H8F4N4S. The van der Waals surface area contributed by atoms with Crippen LogP contribution in [0.3, 0.4) is 0 Å². The van der Waals surface area contributed by atoms with Crippen LogP contribution in [0.2, 0.25) is 0 Å². The maximum atomic E-state index is 13.4. The van der Waals surface area contributed by atoms with Crippen molar-refractivity contribution >= 4 is 11.8 Å². The van der Waals surface area contributed by atoms with Crippen LogP contribution in [0.25, 0.3) is 0 Å². The van der Waals surface area contributed by atoms with E-state index in [-0.39, 0.29) is 5.16 Å². The van der Waals surface area contributed by atoms with Crippen LogP contribution in [0.15, 0.2) is 10.1 Å². The first kappa shape index (κ1) is 13.8. The summed E-state index contributed by atoms with van der Waals surface area (Å²) >= 11 is 0.461. The Morgan fingerprint density at radius 2 is 1.63 bits per heavy atom. The minimum Gasteiger partial charge on any atom is -0.306 e. The third kappa shape index (κ3) is 2.42. The van der Waals surface area contributed by atoms with Crippen LogP contribution in [0.1, 0.15) is 12.7 Å². The van der Waals surface area contributed by atoms with Crippen molar-refractivity contribution in [3.05, 3.63) is 29.4 Å². The smallest absolute Gasteiger partial charge is 0.252 e. The van der Waals surface area contributed by atoms with Crippen LogP contribution in [-0.4, -0.2) is 19.7 Å². The van der Waals surface area contributed by atoms with Crippen LogP contribution < -0.4 is 0 Å². The van der Waals surface area contributed by atoms with Crippen LogP contribution in [0.4, 0.5) is 17.6 Å². The number of rotatable bonds is 3. The van der Waals surface area contributed by atoms with Gasteiger partial charge in [0, 0.05) is 6.54 Å². The molecule has 0 bridgehead atoms. The lowest BCUT2D eigenvalue weighted by Gasteiger charge is -2.07. The highest BCUT2D eigenvalue weighted by atomic mass is 32.2. The lowest BCUT2D eigenvalue weighted by atomic mass is 10.4. The summed E-state index contributed by atoms with van der Waals surface area (Å²) in [5, 5.41) is 7.57. The van der Waals surface area contributed by atoms with E-state index in [9.17, 15) is 17.6 Å². The summed E-state index contributed by atoms with van der Waals surface area (Å²) in [4.78, 5) is 1.66. The van der Waals surface area contributed by atoms with E-state index in [1.54, 1.807) is 18.4 Å². The predicted molar refractivity (Wildman–Crippen MR) is 58.6 cm³/mol. The van der Waals surface area contributed by atoms with E-state index in [0.717, 1.165) is 0 Å². The van der Waals surface area contributed by atoms with Gasteiger partial charge in [-0.3, -0.25) is 0 Å². The summed E-state index contributed by atoms with van der Waals surface area (Å²) in [7, 11) is 0. The van der Waals surface area contributed by atoms with E-state index in [4.69, 9.17) is 0 Å². The van der Waals surface area contributed by atoms with Crippen molar-refractivity contribution in [2.24, 2.45) is 0 Å². The maximum absolute atomic E-state index is 13.4. The third-order valence-corrected chi connectivity index (χ3v) is 3.42. The Hall–Kier alpha value is -1.64. The molecule has 0 aliphatic heterocycles. The SMILES string of the molecule is CCn1c(C)nnc1Sc1c(F)c(F)nc(F)c1F. The Morgan fingerprint density at radius 1 is 1.05 bits per heavy atom. The van der Waals surface area contributed by atoms with E-state index in [2.05, 4.69) is 15.2 Å². The molecule has 0 saturated heterocycles. The molecule has 0 fully saturated rings. The van der Waals surface area contributed by atoms with Gasteiger partial charge in [-0.15, -0.1) is 10.2 Å². The second-order valence-electron chi connectivity index (χ2n) is 3.53. The van der Waals surface area contributed by atoms with Crippen molar-refractivity contribution in [2.75, 3.05) is 0 Å². The topological polar surface area (TPSA) is 43.6 Å². The van der Waals surface area contributed by atoms with Crippen LogP contribution in [0.5, 0.6) is 0 Å². The first-order valence-electron chi connectivity index (χ1n) is 5.23. The predicted octanol–water partition coefficient (Wildman–Crippen LogP) is 2.71. The Morgan fingerprint density at radius 3 is 2.16 bits per heavy atom. The number of aryl methyl sites for hydroxylation is 1. The van der Waals surface area contributed by atoms with Gasteiger partial charge in [0.25, 0.3) is 11.9 Å². The molecule has 2 heterocycles. The van der Waals surface area contributed by atoms with Gasteiger partial charge in [-0.2, -0.15) is 13.8 Å². The van der Waals surface area contributed by atoms with Crippen LogP contribution in [-0.2, 0) is 6.54 Å². The van der Waals surface area contributed by atoms with E-state index < -0.39 is 28.4 Å². The van der Waals surface area contributed by atoms with Gasteiger partial charge in [0.1, 0.15) is 5.82 Å². The fourth-order valence-corrected chi connectivity index (χ4v) is 2.43. The quantitative estimate of drug-likeness (QED) is 0.644. The monoisotopic (exact) mass is 292 g/mol. The summed E-state index contributed by atoms with van der Waals surface area (Å²) in [5.41, 5.74) is 0. The number of aromatic nitrogens is 4. The van der Waals surface area contributed by atoms with Crippen molar-refractivity contribution < 1.29 is 17.6 Å². The van der Waals surface area contributed by atoms with Gasteiger partial charge in [-0.05, 0) is 25.6 Å². The molecule has 9 heteroatoms. The Balaban J connectivity index is 2.49. The molecule has 102 valence electrons. The molecule has 0 amide bonds. The molecule has 2 aromatic heterocycles. The van der Waals surface area contributed by atoms with Crippen molar-refractivity contribution in [3.8, 4) is 0 Å². The highest BCUT2D eigenvalue weighted by molar-refractivity contribution is 7.99. The third-order valence-electron chi connectivity index (χ3n) is 2.37. The number of hydrogen-bond acceptors (Lipinski definition) is 4. The largest absolute Gasteiger partial charge is 0.306 e. The summed E-state index contributed by atoms with van der Waals surface area (Å²) < 4.78 is 54.4. The highest BCUT2D eigenvalue weighted by Gasteiger charge is 2.23. The zero-order valence-corrected chi connectivity index (χ0v) is 10.7. The minimum atomic E-state index is -1.69. The van der Waals surface area contributed by atoms with Gasteiger partial charge in [0.05, 0.1) is 4.90 Å². The molecule has 2 aromatic rings. The van der Waals surface area contributed by atoms with Crippen molar-refractivity contribution in [1.82, 2.24) is 19.7 Å². The lowest BCUT2D eigenvalue weighted by Crippen LogP contribution is -2.04. The molecular weight excluding hydrogens is 284 g/mol. The molecule has 0 unspecified atom stereocenters. The molecule has 0 spiro atoms. The Labute approximate surface area is 109 Å². The summed E-state index contributed by atoms with van der Waals surface area (Å²) in [6.45, 7) is 3.89. The van der Waals surface area contributed by atoms with Gasteiger partial charge < -0.3 is 4.57 Å². The molecule has 0 aliphatic rings. The number of hydrogen-bond donors (Lipinski definition) is 0. The Kier molecular flexibility index (Phi) is 3.74. The minimum absolute atomic E-state index is 0.141. The van der Waals surface area contributed by atoms with E-state index >= 15 is 0 Å². The van der Waals surface area contributed by atoms with Crippen LogP contribution in [0, 0.1) is 30.5 Å². The molecule has 0 saturated carbocycles. The Bertz CT molecular complexity index is 602. The summed E-state index contributed by atoms with van der Waals surface area (Å²) in [6.07, 6.45) is 0. The molecule has 0 radical (unpaired) electrons. The number of pyridine rings is 1. The van der Waals surface area contributed by atoms with Gasteiger partial charge >= 0.3 is 0 Å². The van der Waals surface area contributed by atoms with E-state index in [1.807, 2.05) is 0 Å². The van der Waals surface area contributed by atoms with Crippen molar-refractivity contribution in [1.29, 1.82) is 0 Å². The molecule has 19 heavy (non-hydrogen) atoms. The average Bonchev–Trinajstić information content (AvgIpc) is 2.72. The zero-order valence-electron chi connectivity index (χ0n) is 9.92. The fourth-order valence-electron chi connectivity index (χ4n) is 1.45.